The van der Waals surface area contributed by atoms with Crippen molar-refractivity contribution in [3.63, 3.8) is 0 Å². The number of rotatable bonds is 31. The van der Waals surface area contributed by atoms with Gasteiger partial charge in [-0.3, -0.25) is 0 Å². The minimum Gasteiger partial charge on any atom is -0.375 e. The minimum atomic E-state index is 0. The zero-order valence-electron chi connectivity index (χ0n) is 30.4. The molecule has 0 saturated carbocycles. The number of unbranched alkanes of at least 4 members (excludes halogenated alkanes) is 17. The average Bonchev–Trinajstić information content (AvgIpc) is 3.40. The Hall–Kier alpha value is -1.12. The highest BCUT2D eigenvalue weighted by molar-refractivity contribution is 4.94. The van der Waals surface area contributed by atoms with E-state index in [1.807, 2.05) is 0 Å². The van der Waals surface area contributed by atoms with Crippen molar-refractivity contribution in [2.75, 3.05) is 27.2 Å². The fraction of sp³-hybridized carbons (Fsp3) is 0.814. The molecule has 1 heterocycles. The van der Waals surface area contributed by atoms with Gasteiger partial charge in [0, 0.05) is 6.54 Å². The van der Waals surface area contributed by atoms with E-state index in [2.05, 4.69) is 81.5 Å². The first-order valence-electron chi connectivity index (χ1n) is 19.5. The number of hydrogen-bond acceptors (Lipinski definition) is 2. The predicted molar refractivity (Wildman–Crippen MR) is 205 cm³/mol. The maximum atomic E-state index is 6.64. The summed E-state index contributed by atoms with van der Waals surface area (Å²) in [6.45, 7) is 6.69. The molecular formula is C43H81NO. The van der Waals surface area contributed by atoms with Gasteiger partial charge in [-0.2, -0.15) is 0 Å². The minimum absolute atomic E-state index is 0. The Morgan fingerprint density at radius 2 is 0.911 bits per heavy atom. The molecule has 0 aromatic rings. The maximum Gasteiger partial charge on any atom is 0.0686 e. The zero-order chi connectivity index (χ0) is 31.8. The summed E-state index contributed by atoms with van der Waals surface area (Å²) in [7, 11) is 4.42. The summed E-state index contributed by atoms with van der Waals surface area (Å²) in [5.74, 6) is 0.715. The van der Waals surface area contributed by atoms with Crippen LogP contribution >= 0.6 is 0 Å². The summed E-state index contributed by atoms with van der Waals surface area (Å²) < 4.78 is 6.64. The monoisotopic (exact) mass is 628 g/mol. The van der Waals surface area contributed by atoms with Gasteiger partial charge < -0.3 is 9.64 Å². The Labute approximate surface area is 284 Å². The van der Waals surface area contributed by atoms with Gasteiger partial charge in [-0.15, -0.1) is 0 Å². The van der Waals surface area contributed by atoms with E-state index in [4.69, 9.17) is 4.74 Å². The van der Waals surface area contributed by atoms with Crippen LogP contribution in [0.1, 0.15) is 188 Å². The van der Waals surface area contributed by atoms with E-state index in [1.54, 1.807) is 0 Å². The number of allylic oxidation sites excluding steroid dienone is 8. The molecule has 0 N–H and O–H groups in total. The van der Waals surface area contributed by atoms with Gasteiger partial charge in [0.1, 0.15) is 0 Å². The first kappa shape index (κ1) is 43.9. The molecule has 0 aromatic heterocycles. The fourth-order valence-corrected chi connectivity index (χ4v) is 6.74. The highest BCUT2D eigenvalue weighted by atomic mass is 16.5. The molecule has 0 aromatic carbocycles. The van der Waals surface area contributed by atoms with Crippen LogP contribution in [0, 0.1) is 5.92 Å². The molecule has 1 aliphatic heterocycles. The third-order valence-corrected chi connectivity index (χ3v) is 9.33. The van der Waals surface area contributed by atoms with E-state index in [9.17, 15) is 0 Å². The van der Waals surface area contributed by atoms with Crippen LogP contribution in [-0.4, -0.2) is 37.7 Å². The normalized spacial score (nSPS) is 18.9. The van der Waals surface area contributed by atoms with Crippen molar-refractivity contribution in [2.45, 2.75) is 194 Å². The maximum absolute atomic E-state index is 6.64. The Morgan fingerprint density at radius 3 is 1.31 bits per heavy atom. The number of hydrogen-bond donors (Lipinski definition) is 0. The Balaban J connectivity index is 0.0000194. The van der Waals surface area contributed by atoms with Crippen LogP contribution in [0.3, 0.4) is 0 Å². The summed E-state index contributed by atoms with van der Waals surface area (Å²) in [4.78, 5) is 2.35. The van der Waals surface area contributed by atoms with Crippen LogP contribution in [-0.2, 0) is 4.74 Å². The molecular weight excluding hydrogens is 546 g/mol. The predicted octanol–water partition coefficient (Wildman–Crippen LogP) is 14.0. The topological polar surface area (TPSA) is 12.5 Å². The smallest absolute Gasteiger partial charge is 0.0686 e. The Morgan fingerprint density at radius 1 is 0.533 bits per heavy atom. The number of ether oxygens (including phenoxy) is 1. The molecule has 0 radical (unpaired) electrons. The molecule has 1 saturated heterocycles. The lowest BCUT2D eigenvalue weighted by Gasteiger charge is -2.29. The van der Waals surface area contributed by atoms with E-state index in [-0.39, 0.29) is 13.0 Å². The fourth-order valence-electron chi connectivity index (χ4n) is 6.74. The summed E-state index contributed by atoms with van der Waals surface area (Å²) in [6, 6.07) is 0. The zero-order valence-corrected chi connectivity index (χ0v) is 30.4. The average molecular weight is 628 g/mol. The molecule has 264 valence electrons. The van der Waals surface area contributed by atoms with Gasteiger partial charge in [0.15, 0.2) is 0 Å². The van der Waals surface area contributed by atoms with Crippen LogP contribution in [0.5, 0.6) is 0 Å². The van der Waals surface area contributed by atoms with Crippen molar-refractivity contribution in [3.8, 4) is 0 Å². The highest BCUT2D eigenvalue weighted by Crippen LogP contribution is 2.39. The van der Waals surface area contributed by atoms with E-state index >= 15 is 0 Å². The molecule has 2 nitrogen and oxygen atoms in total. The molecule has 0 aliphatic carbocycles. The second-order valence-electron chi connectivity index (χ2n) is 14.1. The van der Waals surface area contributed by atoms with Crippen LogP contribution in [0.15, 0.2) is 48.6 Å². The van der Waals surface area contributed by atoms with E-state index < -0.39 is 0 Å². The third kappa shape index (κ3) is 27.7. The Bertz CT molecular complexity index is 719. The largest absolute Gasteiger partial charge is 0.375 e. The second kappa shape index (κ2) is 32.8. The van der Waals surface area contributed by atoms with Crippen molar-refractivity contribution in [1.29, 1.82) is 0 Å². The van der Waals surface area contributed by atoms with Crippen LogP contribution in [0.25, 0.3) is 0 Å². The lowest BCUT2D eigenvalue weighted by molar-refractivity contribution is -0.0143. The van der Waals surface area contributed by atoms with Crippen molar-refractivity contribution in [3.05, 3.63) is 48.6 Å². The molecule has 1 aliphatic rings. The second-order valence-corrected chi connectivity index (χ2v) is 14.1. The van der Waals surface area contributed by atoms with Gasteiger partial charge >= 0.3 is 0 Å². The number of nitrogens with zero attached hydrogens (tertiary/aromatic N) is 1. The van der Waals surface area contributed by atoms with Crippen molar-refractivity contribution >= 4 is 0 Å². The molecule has 45 heavy (non-hydrogen) atoms. The SMILES string of the molecule is C.CCCCC/C=C\C/C=C\CCCCCCCCC1(CCCCCCC/C=C\C/C=C\CCCCC)CC(CN(C)C)CO1. The van der Waals surface area contributed by atoms with Crippen LogP contribution in [0.4, 0.5) is 0 Å². The van der Waals surface area contributed by atoms with Crippen LogP contribution in [0.2, 0.25) is 0 Å². The highest BCUT2D eigenvalue weighted by Gasteiger charge is 2.39. The molecule has 0 spiro atoms. The Kier molecular flexibility index (Phi) is 32.0. The molecule has 1 rings (SSSR count). The van der Waals surface area contributed by atoms with Crippen LogP contribution < -0.4 is 0 Å². The molecule has 2 heteroatoms. The molecule has 1 fully saturated rings. The molecule has 0 amide bonds. The van der Waals surface area contributed by atoms with Gasteiger partial charge in [0.05, 0.1) is 12.2 Å². The van der Waals surface area contributed by atoms with E-state index in [0.29, 0.717) is 5.92 Å². The van der Waals surface area contributed by atoms with Crippen molar-refractivity contribution < 1.29 is 4.74 Å². The first-order valence-corrected chi connectivity index (χ1v) is 19.5. The standard InChI is InChI=1S/C42H77NO.CH4/c1-5-7-9-11-13-15-17-19-21-23-25-27-29-31-33-35-37-42(38-41(40-44-42)39-43(3)4)36-34-32-30-28-26-24-22-20-18-16-14-12-10-8-6-2;/h13-16,19-22,41H,5-12,17-18,23-40H2,1-4H3;1H4/b15-13-,16-14-,21-19-,22-20-;. The quantitative estimate of drug-likeness (QED) is 0.0560. The van der Waals surface area contributed by atoms with E-state index in [0.717, 1.165) is 19.4 Å². The summed E-state index contributed by atoms with van der Waals surface area (Å²) in [5, 5.41) is 0. The van der Waals surface area contributed by atoms with Crippen molar-refractivity contribution in [1.82, 2.24) is 4.90 Å². The molecule has 0 bridgehead atoms. The van der Waals surface area contributed by atoms with Gasteiger partial charge in [-0.25, -0.2) is 0 Å². The van der Waals surface area contributed by atoms with Gasteiger partial charge in [0.2, 0.25) is 0 Å². The molecule has 2 unspecified atom stereocenters. The third-order valence-electron chi connectivity index (χ3n) is 9.33. The van der Waals surface area contributed by atoms with E-state index in [1.165, 1.54) is 161 Å². The first-order chi connectivity index (χ1) is 21.6. The summed E-state index contributed by atoms with van der Waals surface area (Å²) in [5.41, 5.74) is 0.169. The van der Waals surface area contributed by atoms with Gasteiger partial charge in [0.25, 0.3) is 0 Å². The molecule has 2 atom stereocenters. The van der Waals surface area contributed by atoms with Gasteiger partial charge in [-0.05, 0) is 103 Å². The van der Waals surface area contributed by atoms with Crippen molar-refractivity contribution in [2.24, 2.45) is 5.92 Å². The summed E-state index contributed by atoms with van der Waals surface area (Å²) in [6.07, 6.45) is 53.1. The van der Waals surface area contributed by atoms with Gasteiger partial charge in [-0.1, -0.05) is 153 Å². The lowest BCUT2D eigenvalue weighted by Crippen LogP contribution is -2.29. The lowest BCUT2D eigenvalue weighted by atomic mass is 9.84. The summed E-state index contributed by atoms with van der Waals surface area (Å²) >= 11 is 0.